The summed E-state index contributed by atoms with van der Waals surface area (Å²) in [7, 11) is 1.74. The number of hydrogen-bond donors (Lipinski definition) is 3. The fraction of sp³-hybridized carbons (Fsp3) is 0.231. The van der Waals surface area contributed by atoms with E-state index in [1.165, 1.54) is 0 Å². The van der Waals surface area contributed by atoms with E-state index in [1.807, 2.05) is 24.3 Å². The monoisotopic (exact) mass is 276 g/mol. The Hall–Kier alpha value is -1.95. The average molecular weight is 276 g/mol. The van der Waals surface area contributed by atoms with Gasteiger partial charge in [-0.1, -0.05) is 31.0 Å². The quantitative estimate of drug-likeness (QED) is 0.559. The highest BCUT2D eigenvalue weighted by Crippen LogP contribution is 2.26. The highest BCUT2D eigenvalue weighted by Gasteiger charge is 2.12. The maximum atomic E-state index is 11.1. The fourth-order valence-electron chi connectivity index (χ4n) is 1.74. The first-order valence-electron chi connectivity index (χ1n) is 5.99. The van der Waals surface area contributed by atoms with E-state index in [-0.39, 0.29) is 0 Å². The zero-order chi connectivity index (χ0) is 13.7. The normalized spacial score (nSPS) is 10.2. The van der Waals surface area contributed by atoms with Crippen molar-refractivity contribution in [2.75, 3.05) is 22.8 Å². The van der Waals surface area contributed by atoms with Crippen LogP contribution in [0.3, 0.4) is 0 Å². The number of rotatable bonds is 6. The molecule has 0 atom stereocenters. The second kappa shape index (κ2) is 6.29. The minimum absolute atomic E-state index is 0.547. The molecule has 0 spiro atoms. The van der Waals surface area contributed by atoms with E-state index in [1.54, 1.807) is 19.0 Å². The average Bonchev–Trinajstić information content (AvgIpc) is 2.88. The molecule has 0 radical (unpaired) electrons. The summed E-state index contributed by atoms with van der Waals surface area (Å²) >= 11 is 1.64. The van der Waals surface area contributed by atoms with Crippen LogP contribution in [0.5, 0.6) is 0 Å². The summed E-state index contributed by atoms with van der Waals surface area (Å²) in [6, 6.07) is 7.87. The predicted octanol–water partition coefficient (Wildman–Crippen LogP) is 3.01. The van der Waals surface area contributed by atoms with Gasteiger partial charge in [0.1, 0.15) is 0 Å². The topological polar surface area (TPSA) is 69.8 Å². The van der Waals surface area contributed by atoms with Crippen molar-refractivity contribution in [2.24, 2.45) is 0 Å². The standard InChI is InChI=1S/C13H16N4OS/c1-3-19-17-10-6-4-9(5-7-10)12-11(8-18)13(14-2)16-15-12/h4-8,17H,3H2,1-2H3,(H2,14,15,16). The smallest absolute Gasteiger partial charge is 0.158 e. The van der Waals surface area contributed by atoms with Crippen LogP contribution in [0.25, 0.3) is 11.3 Å². The van der Waals surface area contributed by atoms with Gasteiger partial charge in [0.15, 0.2) is 12.1 Å². The summed E-state index contributed by atoms with van der Waals surface area (Å²) in [6.07, 6.45) is 0.809. The predicted molar refractivity (Wildman–Crippen MR) is 80.7 cm³/mol. The molecule has 0 amide bonds. The number of carbonyl (C=O) groups is 1. The molecule has 1 heterocycles. The molecule has 1 aromatic heterocycles. The second-order valence-electron chi connectivity index (χ2n) is 3.84. The minimum atomic E-state index is 0.547. The summed E-state index contributed by atoms with van der Waals surface area (Å²) in [4.78, 5) is 11.1. The first kappa shape index (κ1) is 13.5. The second-order valence-corrected chi connectivity index (χ2v) is 4.91. The van der Waals surface area contributed by atoms with Gasteiger partial charge in [-0.05, 0) is 12.1 Å². The van der Waals surface area contributed by atoms with Gasteiger partial charge in [-0.3, -0.25) is 9.89 Å². The molecular weight excluding hydrogens is 260 g/mol. The number of anilines is 2. The molecule has 2 rings (SSSR count). The van der Waals surface area contributed by atoms with Crippen molar-refractivity contribution in [2.45, 2.75) is 6.92 Å². The molecule has 0 saturated heterocycles. The molecule has 0 unspecified atom stereocenters. The Morgan fingerprint density at radius 2 is 2.11 bits per heavy atom. The number of nitrogens with one attached hydrogen (secondary N) is 3. The number of hydrogen-bond acceptors (Lipinski definition) is 5. The summed E-state index contributed by atoms with van der Waals surface area (Å²) in [5.74, 6) is 1.57. The summed E-state index contributed by atoms with van der Waals surface area (Å²) in [5.41, 5.74) is 3.25. The van der Waals surface area contributed by atoms with Crippen molar-refractivity contribution in [1.82, 2.24) is 10.2 Å². The van der Waals surface area contributed by atoms with Crippen LogP contribution in [0.15, 0.2) is 24.3 Å². The van der Waals surface area contributed by atoms with E-state index in [0.717, 1.165) is 29.0 Å². The molecule has 100 valence electrons. The largest absolute Gasteiger partial charge is 0.371 e. The number of aromatic amines is 1. The van der Waals surface area contributed by atoms with Crippen molar-refractivity contribution in [1.29, 1.82) is 0 Å². The third-order valence-electron chi connectivity index (χ3n) is 2.67. The number of carbonyl (C=O) groups excluding carboxylic acids is 1. The van der Waals surface area contributed by atoms with Crippen molar-refractivity contribution < 1.29 is 4.79 Å². The van der Waals surface area contributed by atoms with Gasteiger partial charge in [0.25, 0.3) is 0 Å². The van der Waals surface area contributed by atoms with Crippen LogP contribution in [0.1, 0.15) is 17.3 Å². The van der Waals surface area contributed by atoms with Gasteiger partial charge in [-0.15, -0.1) is 0 Å². The van der Waals surface area contributed by atoms with Crippen LogP contribution in [0.2, 0.25) is 0 Å². The number of aromatic nitrogens is 2. The Kier molecular flexibility index (Phi) is 4.46. The van der Waals surface area contributed by atoms with Gasteiger partial charge >= 0.3 is 0 Å². The molecular formula is C13H16N4OS. The van der Waals surface area contributed by atoms with Gasteiger partial charge in [-0.25, -0.2) is 0 Å². The van der Waals surface area contributed by atoms with E-state index < -0.39 is 0 Å². The SMILES string of the molecule is CCSNc1ccc(-c2[nH]nc(NC)c2C=O)cc1. The third-order valence-corrected chi connectivity index (χ3v) is 3.34. The van der Waals surface area contributed by atoms with E-state index in [2.05, 4.69) is 27.2 Å². The zero-order valence-electron chi connectivity index (χ0n) is 10.9. The van der Waals surface area contributed by atoms with Crippen molar-refractivity contribution >= 4 is 29.7 Å². The molecule has 0 saturated carbocycles. The van der Waals surface area contributed by atoms with Crippen molar-refractivity contribution in [3.63, 3.8) is 0 Å². The minimum Gasteiger partial charge on any atom is -0.371 e. The summed E-state index contributed by atoms with van der Waals surface area (Å²) < 4.78 is 3.23. The molecule has 0 aliphatic carbocycles. The Morgan fingerprint density at radius 1 is 1.37 bits per heavy atom. The lowest BCUT2D eigenvalue weighted by Crippen LogP contribution is -1.93. The Labute approximate surface area is 116 Å². The third kappa shape index (κ3) is 2.90. The van der Waals surface area contributed by atoms with E-state index in [0.29, 0.717) is 11.4 Å². The highest BCUT2D eigenvalue weighted by molar-refractivity contribution is 8.00. The number of benzene rings is 1. The van der Waals surface area contributed by atoms with Gasteiger partial charge in [0.2, 0.25) is 0 Å². The number of nitrogens with zero attached hydrogens (tertiary/aromatic N) is 1. The summed E-state index contributed by atoms with van der Waals surface area (Å²) in [5, 5.41) is 9.84. The Balaban J connectivity index is 2.27. The molecule has 19 heavy (non-hydrogen) atoms. The molecule has 1 aromatic carbocycles. The van der Waals surface area contributed by atoms with Crippen LogP contribution in [0, 0.1) is 0 Å². The molecule has 3 N–H and O–H groups in total. The maximum Gasteiger partial charge on any atom is 0.158 e. The molecule has 5 nitrogen and oxygen atoms in total. The Morgan fingerprint density at radius 3 is 2.68 bits per heavy atom. The fourth-order valence-corrected chi connectivity index (χ4v) is 2.18. The van der Waals surface area contributed by atoms with Crippen LogP contribution >= 0.6 is 11.9 Å². The molecule has 0 aliphatic heterocycles. The van der Waals surface area contributed by atoms with Gasteiger partial charge < -0.3 is 10.0 Å². The molecule has 0 aliphatic rings. The van der Waals surface area contributed by atoms with Crippen LogP contribution in [-0.2, 0) is 0 Å². The first-order chi connectivity index (χ1) is 9.30. The Bertz CT molecular complexity index is 550. The molecule has 6 heteroatoms. The van der Waals surface area contributed by atoms with Crippen LogP contribution in [-0.4, -0.2) is 29.3 Å². The zero-order valence-corrected chi connectivity index (χ0v) is 11.7. The van der Waals surface area contributed by atoms with Crippen LogP contribution < -0.4 is 10.0 Å². The van der Waals surface area contributed by atoms with Crippen molar-refractivity contribution in [3.8, 4) is 11.3 Å². The molecule has 0 bridgehead atoms. The van der Waals surface area contributed by atoms with Crippen LogP contribution in [0.4, 0.5) is 11.5 Å². The van der Waals surface area contributed by atoms with Crippen molar-refractivity contribution in [3.05, 3.63) is 29.8 Å². The van der Waals surface area contributed by atoms with Gasteiger partial charge in [0, 0.05) is 24.1 Å². The lowest BCUT2D eigenvalue weighted by molar-refractivity contribution is 0.112. The number of aldehydes is 1. The molecule has 0 fully saturated rings. The van der Waals surface area contributed by atoms with Gasteiger partial charge in [-0.2, -0.15) is 5.10 Å². The maximum absolute atomic E-state index is 11.1. The lowest BCUT2D eigenvalue weighted by atomic mass is 10.1. The molecule has 2 aromatic rings. The first-order valence-corrected chi connectivity index (χ1v) is 6.98. The van der Waals surface area contributed by atoms with E-state index in [9.17, 15) is 4.79 Å². The highest BCUT2D eigenvalue weighted by atomic mass is 32.2. The van der Waals surface area contributed by atoms with Gasteiger partial charge in [0.05, 0.1) is 11.3 Å². The summed E-state index contributed by atoms with van der Waals surface area (Å²) in [6.45, 7) is 2.09. The lowest BCUT2D eigenvalue weighted by Gasteiger charge is -2.05. The van der Waals surface area contributed by atoms with E-state index in [4.69, 9.17) is 0 Å². The number of H-pyrrole nitrogens is 1. The van der Waals surface area contributed by atoms with E-state index >= 15 is 0 Å².